The molecule has 0 aliphatic rings. The minimum Gasteiger partial charge on any atom is -0.384 e. The lowest BCUT2D eigenvalue weighted by Gasteiger charge is -2.08. The smallest absolute Gasteiger partial charge is 0.364 e. The van der Waals surface area contributed by atoms with Crippen LogP contribution in [0.25, 0.3) is 22.8 Å². The van der Waals surface area contributed by atoms with Gasteiger partial charge in [-0.1, -0.05) is 88.4 Å². The molecule has 9 rings (SSSR count). The number of halogens is 2. The van der Waals surface area contributed by atoms with Gasteiger partial charge in [-0.3, -0.25) is 10.1 Å². The van der Waals surface area contributed by atoms with E-state index >= 15 is 0 Å². The van der Waals surface area contributed by atoms with Crippen LogP contribution in [-0.4, -0.2) is 86.0 Å². The van der Waals surface area contributed by atoms with Gasteiger partial charge in [-0.05, 0) is 115 Å². The van der Waals surface area contributed by atoms with Crippen molar-refractivity contribution >= 4 is 49.2 Å². The quantitative estimate of drug-likeness (QED) is 0.0554. The SMILES string of the molecule is CC(C)n1ccnn1.CC(C)n1nncc1-c1cccc(Br)n1.CC(C)n1nncc1-c1cccc(N)n1.N=C(c1ccccc1)c1ccccc1.O=[N+]([O-])c1cccc(Br)n1.c1cn[nH]n1. The first-order chi connectivity index (χ1) is 32.2. The minimum atomic E-state index is -0.537. The van der Waals surface area contributed by atoms with Crippen molar-refractivity contribution in [1.29, 1.82) is 5.41 Å². The van der Waals surface area contributed by atoms with Gasteiger partial charge in [0.15, 0.2) is 0 Å². The molecule has 9 aromatic rings. The molecule has 0 bridgehead atoms. The Morgan fingerprint density at radius 3 is 1.48 bits per heavy atom. The number of benzene rings is 2. The minimum absolute atomic E-state index is 0.144. The molecule has 7 aromatic heterocycles. The highest BCUT2D eigenvalue weighted by Crippen LogP contribution is 2.21. The molecule has 7 heterocycles. The fourth-order valence-electron chi connectivity index (χ4n) is 5.30. The van der Waals surface area contributed by atoms with E-state index in [0.717, 1.165) is 38.5 Å². The number of nitro groups is 1. The third-order valence-corrected chi connectivity index (χ3v) is 9.34. The third kappa shape index (κ3) is 17.6. The number of nitrogens with two attached hydrogens (primary N) is 1. The molecule has 0 fully saturated rings. The Morgan fingerprint density at radius 1 is 0.612 bits per heavy atom. The largest absolute Gasteiger partial charge is 0.384 e. The van der Waals surface area contributed by atoms with Crippen molar-refractivity contribution in [1.82, 2.24) is 75.3 Å². The normalized spacial score (nSPS) is 10.1. The molecule has 0 spiro atoms. The maximum atomic E-state index is 10.1. The Morgan fingerprint density at radius 2 is 1.10 bits per heavy atom. The summed E-state index contributed by atoms with van der Waals surface area (Å²) in [5, 5.41) is 50.6. The summed E-state index contributed by atoms with van der Waals surface area (Å²) in [4.78, 5) is 21.7. The Kier molecular flexibility index (Phi) is 21.4. The second kappa shape index (κ2) is 27.6. The predicted octanol–water partition coefficient (Wildman–Crippen LogP) is 9.71. The number of rotatable bonds is 8. The summed E-state index contributed by atoms with van der Waals surface area (Å²) < 4.78 is 6.77. The van der Waals surface area contributed by atoms with E-state index in [1.807, 2.05) is 120 Å². The molecule has 346 valence electrons. The van der Waals surface area contributed by atoms with Gasteiger partial charge in [-0.2, -0.15) is 15.4 Å². The number of pyridine rings is 3. The van der Waals surface area contributed by atoms with Crippen LogP contribution in [0.3, 0.4) is 0 Å². The number of nitrogens with zero attached hydrogens (tertiary/aromatic N) is 15. The van der Waals surface area contributed by atoms with Crippen LogP contribution in [0.1, 0.15) is 70.8 Å². The zero-order valence-electron chi connectivity index (χ0n) is 37.5. The van der Waals surface area contributed by atoms with Crippen LogP contribution >= 0.6 is 31.9 Å². The first-order valence-corrected chi connectivity index (χ1v) is 22.1. The Labute approximate surface area is 404 Å². The maximum Gasteiger partial charge on any atom is 0.364 e. The fraction of sp³-hybridized carbons (Fsp3) is 0.200. The number of nitrogen functional groups attached to an aromatic ring is 1. The Hall–Kier alpha value is -7.72. The van der Waals surface area contributed by atoms with E-state index in [0.29, 0.717) is 22.2 Å². The van der Waals surface area contributed by atoms with Crippen molar-refractivity contribution in [2.24, 2.45) is 0 Å². The molecular formula is C45H50Br2N18O2. The molecular weight excluding hydrogens is 984 g/mol. The molecule has 0 aliphatic heterocycles. The first-order valence-electron chi connectivity index (χ1n) is 20.5. The number of aromatic amines is 1. The summed E-state index contributed by atoms with van der Waals surface area (Å²) >= 11 is 6.36. The summed E-state index contributed by atoms with van der Waals surface area (Å²) in [5.41, 5.74) is 11.6. The van der Waals surface area contributed by atoms with Crippen molar-refractivity contribution in [3.05, 3.63) is 183 Å². The zero-order chi connectivity index (χ0) is 48.6. The van der Waals surface area contributed by atoms with E-state index in [1.165, 1.54) is 6.07 Å². The number of nitrogens with one attached hydrogen (secondary N) is 2. The van der Waals surface area contributed by atoms with Gasteiger partial charge in [-0.25, -0.2) is 19.3 Å². The molecule has 0 atom stereocenters. The zero-order valence-corrected chi connectivity index (χ0v) is 40.7. The lowest BCUT2D eigenvalue weighted by Crippen LogP contribution is -2.06. The molecule has 22 heteroatoms. The van der Waals surface area contributed by atoms with Crippen LogP contribution in [0.5, 0.6) is 0 Å². The van der Waals surface area contributed by atoms with Crippen LogP contribution < -0.4 is 5.73 Å². The van der Waals surface area contributed by atoms with E-state index < -0.39 is 4.92 Å². The van der Waals surface area contributed by atoms with Gasteiger partial charge in [0.1, 0.15) is 21.8 Å². The van der Waals surface area contributed by atoms with E-state index in [1.54, 1.807) is 53.9 Å². The lowest BCUT2D eigenvalue weighted by molar-refractivity contribution is -0.389. The lowest BCUT2D eigenvalue weighted by atomic mass is 10.0. The molecule has 67 heavy (non-hydrogen) atoms. The van der Waals surface area contributed by atoms with E-state index in [-0.39, 0.29) is 17.9 Å². The average molecular weight is 1030 g/mol. The predicted molar refractivity (Wildman–Crippen MR) is 264 cm³/mol. The Balaban J connectivity index is 0.000000181. The highest BCUT2D eigenvalue weighted by Gasteiger charge is 2.12. The molecule has 0 unspecified atom stereocenters. The number of aromatic nitrogens is 15. The van der Waals surface area contributed by atoms with Crippen LogP contribution in [0, 0.1) is 15.5 Å². The van der Waals surface area contributed by atoms with Gasteiger partial charge in [-0.15, -0.1) is 15.3 Å². The van der Waals surface area contributed by atoms with Gasteiger partial charge in [0.05, 0.1) is 48.1 Å². The molecule has 2 aromatic carbocycles. The number of anilines is 1. The van der Waals surface area contributed by atoms with E-state index in [4.69, 9.17) is 11.1 Å². The molecule has 20 nitrogen and oxygen atoms in total. The topological polar surface area (TPSA) is 265 Å². The number of H-pyrrole nitrogens is 1. The Bertz CT molecular complexity index is 2640. The van der Waals surface area contributed by atoms with Gasteiger partial charge >= 0.3 is 5.82 Å². The standard InChI is InChI=1S/C13H11N.C10H11BrN4.C10H13N5.C5H3BrN2O2.C5H9N3.C2H3N3/c14-13(11-7-3-1-4-8-11)12-9-5-2-6-10-12;2*1-7(2)15-9(6-12-14-15)8-4-3-5-10(11)13-8;6-4-2-1-3-5(7-4)8(9)10;1-5(2)8-4-3-6-7-8;1-2-4-5-3-1/h1-10,14H;3-7H,1-2H3;3-7H,1-2H3,(H2,11,13);1-3H;3-5H,1-2H3;1-2H,(H,3,4,5). The highest BCUT2D eigenvalue weighted by molar-refractivity contribution is 9.10. The van der Waals surface area contributed by atoms with Gasteiger partial charge in [0.25, 0.3) is 0 Å². The third-order valence-electron chi connectivity index (χ3n) is 8.45. The second-order valence-corrected chi connectivity index (χ2v) is 16.0. The molecule has 0 amide bonds. The maximum absolute atomic E-state index is 10.1. The van der Waals surface area contributed by atoms with Crippen LogP contribution in [-0.2, 0) is 0 Å². The van der Waals surface area contributed by atoms with E-state index in [9.17, 15) is 10.1 Å². The number of hydrogen-bond donors (Lipinski definition) is 3. The van der Waals surface area contributed by atoms with Crippen LogP contribution in [0.15, 0.2) is 162 Å². The number of hydrogen-bond acceptors (Lipinski definition) is 15. The highest BCUT2D eigenvalue weighted by atomic mass is 79.9. The summed E-state index contributed by atoms with van der Waals surface area (Å²) in [6, 6.07) is 36.4. The molecule has 4 N–H and O–H groups in total. The summed E-state index contributed by atoms with van der Waals surface area (Å²) in [6.45, 7) is 12.4. The summed E-state index contributed by atoms with van der Waals surface area (Å²) in [5.74, 6) is 0.360. The van der Waals surface area contributed by atoms with Gasteiger partial charge in [0.2, 0.25) is 4.60 Å². The van der Waals surface area contributed by atoms with Crippen molar-refractivity contribution in [3.63, 3.8) is 0 Å². The first kappa shape index (κ1) is 51.9. The summed E-state index contributed by atoms with van der Waals surface area (Å²) in [7, 11) is 0. The molecule has 0 saturated carbocycles. The van der Waals surface area contributed by atoms with Crippen LogP contribution in [0.2, 0.25) is 0 Å². The van der Waals surface area contributed by atoms with E-state index in [2.05, 4.69) is 121 Å². The van der Waals surface area contributed by atoms with Crippen LogP contribution in [0.4, 0.5) is 11.6 Å². The summed E-state index contributed by atoms with van der Waals surface area (Å²) in [6.07, 6.45) is 10.1. The molecule has 0 saturated heterocycles. The van der Waals surface area contributed by atoms with Crippen molar-refractivity contribution in [2.45, 2.75) is 59.7 Å². The van der Waals surface area contributed by atoms with Crippen molar-refractivity contribution in [2.75, 3.05) is 5.73 Å². The van der Waals surface area contributed by atoms with Crippen molar-refractivity contribution < 1.29 is 4.92 Å². The molecule has 0 aliphatic carbocycles. The van der Waals surface area contributed by atoms with Gasteiger partial charge in [0, 0.05) is 46.3 Å². The second-order valence-electron chi connectivity index (χ2n) is 14.4. The van der Waals surface area contributed by atoms with Crippen molar-refractivity contribution in [3.8, 4) is 22.8 Å². The molecule has 0 radical (unpaired) electrons. The fourth-order valence-corrected chi connectivity index (χ4v) is 5.97. The average Bonchev–Trinajstić information content (AvgIpc) is 4.19. The monoisotopic (exact) mass is 1030 g/mol. The van der Waals surface area contributed by atoms with Gasteiger partial charge < -0.3 is 15.8 Å².